The first-order chi connectivity index (χ1) is 9.53. The second-order valence-corrected chi connectivity index (χ2v) is 5.01. The van der Waals surface area contributed by atoms with Gasteiger partial charge in [-0.25, -0.2) is 4.39 Å². The van der Waals surface area contributed by atoms with Crippen molar-refractivity contribution in [3.63, 3.8) is 0 Å². The summed E-state index contributed by atoms with van der Waals surface area (Å²) >= 11 is 0. The molecule has 1 heterocycles. The van der Waals surface area contributed by atoms with E-state index < -0.39 is 5.41 Å². The molecule has 1 atom stereocenters. The van der Waals surface area contributed by atoms with Crippen LogP contribution in [0.3, 0.4) is 0 Å². The summed E-state index contributed by atoms with van der Waals surface area (Å²) in [6, 6.07) is 6.04. The van der Waals surface area contributed by atoms with Crippen molar-refractivity contribution in [2.24, 2.45) is 10.6 Å². The Morgan fingerprint density at radius 2 is 1.95 bits per heavy atom. The zero-order chi connectivity index (χ0) is 14.8. The fraction of sp³-hybridized carbons (Fsp3) is 0.467. The molecule has 1 N–H and O–H groups in total. The van der Waals surface area contributed by atoms with Crippen molar-refractivity contribution < 1.29 is 14.0 Å². The Morgan fingerprint density at radius 3 is 2.45 bits per heavy atom. The van der Waals surface area contributed by atoms with Crippen LogP contribution in [0.5, 0.6) is 0 Å². The van der Waals surface area contributed by atoms with Crippen LogP contribution in [0.15, 0.2) is 29.4 Å². The van der Waals surface area contributed by atoms with E-state index in [1.807, 2.05) is 13.8 Å². The molecule has 0 bridgehead atoms. The SMILES string of the molecule is CCC1(CC)C(=O)NC1O/N=C(\C)c1ccc(F)cc1. The maximum atomic E-state index is 12.8. The predicted molar refractivity (Wildman–Crippen MR) is 74.6 cm³/mol. The molecule has 1 saturated heterocycles. The summed E-state index contributed by atoms with van der Waals surface area (Å²) in [6.45, 7) is 5.72. The van der Waals surface area contributed by atoms with Gasteiger partial charge in [-0.2, -0.15) is 0 Å². The van der Waals surface area contributed by atoms with Crippen molar-refractivity contribution in [1.29, 1.82) is 0 Å². The maximum absolute atomic E-state index is 12.8. The Hall–Kier alpha value is -1.91. The largest absolute Gasteiger partial charge is 0.369 e. The molecule has 5 heteroatoms. The lowest BCUT2D eigenvalue weighted by atomic mass is 9.74. The van der Waals surface area contributed by atoms with E-state index in [1.165, 1.54) is 12.1 Å². The topological polar surface area (TPSA) is 50.7 Å². The van der Waals surface area contributed by atoms with Crippen LogP contribution in [0.2, 0.25) is 0 Å². The second kappa shape index (κ2) is 5.61. The van der Waals surface area contributed by atoms with Crippen LogP contribution in [0, 0.1) is 11.2 Å². The Labute approximate surface area is 118 Å². The number of carbonyl (C=O) groups is 1. The first kappa shape index (κ1) is 14.5. The summed E-state index contributed by atoms with van der Waals surface area (Å²) in [5, 5.41) is 6.77. The van der Waals surface area contributed by atoms with Gasteiger partial charge in [0.25, 0.3) is 0 Å². The third-order valence-corrected chi connectivity index (χ3v) is 4.04. The minimum atomic E-state index is -0.480. The molecule has 1 fully saturated rings. The quantitative estimate of drug-likeness (QED) is 0.511. The lowest BCUT2D eigenvalue weighted by Crippen LogP contribution is -2.67. The fourth-order valence-corrected chi connectivity index (χ4v) is 2.39. The van der Waals surface area contributed by atoms with Crippen LogP contribution >= 0.6 is 0 Å². The number of hydrogen-bond acceptors (Lipinski definition) is 3. The van der Waals surface area contributed by atoms with E-state index in [9.17, 15) is 9.18 Å². The molecule has 1 aliphatic rings. The molecule has 0 aromatic heterocycles. The van der Waals surface area contributed by atoms with Crippen molar-refractivity contribution in [1.82, 2.24) is 5.32 Å². The van der Waals surface area contributed by atoms with Gasteiger partial charge in [-0.3, -0.25) is 4.79 Å². The average molecular weight is 278 g/mol. The standard InChI is InChI=1S/C15H19FN2O2/c1-4-15(5-2)13(19)17-14(15)20-18-10(3)11-6-8-12(16)9-7-11/h6-9,14H,4-5H2,1-3H3,(H,17,19)/b18-10+. The number of nitrogens with one attached hydrogen (secondary N) is 1. The zero-order valence-electron chi connectivity index (χ0n) is 11.9. The number of benzene rings is 1. The summed E-state index contributed by atoms with van der Waals surface area (Å²) in [6.07, 6.45) is 1.04. The fourth-order valence-electron chi connectivity index (χ4n) is 2.39. The Bertz CT molecular complexity index is 521. The Morgan fingerprint density at radius 1 is 1.35 bits per heavy atom. The van der Waals surface area contributed by atoms with Crippen molar-refractivity contribution >= 4 is 11.6 Å². The van der Waals surface area contributed by atoms with Gasteiger partial charge in [0.05, 0.1) is 5.71 Å². The van der Waals surface area contributed by atoms with Crippen molar-refractivity contribution in [2.75, 3.05) is 0 Å². The van der Waals surface area contributed by atoms with Crippen LogP contribution in [0.25, 0.3) is 0 Å². The lowest BCUT2D eigenvalue weighted by Gasteiger charge is -2.45. The van der Waals surface area contributed by atoms with E-state index in [0.717, 1.165) is 5.56 Å². The number of carbonyl (C=O) groups excluding carboxylic acids is 1. The van der Waals surface area contributed by atoms with E-state index in [2.05, 4.69) is 10.5 Å². The number of amides is 1. The lowest BCUT2D eigenvalue weighted by molar-refractivity contribution is -0.175. The molecule has 0 radical (unpaired) electrons. The summed E-state index contributed by atoms with van der Waals surface area (Å²) in [5.74, 6) is -0.271. The highest BCUT2D eigenvalue weighted by Crippen LogP contribution is 2.38. The van der Waals surface area contributed by atoms with E-state index in [1.54, 1.807) is 19.1 Å². The third kappa shape index (κ3) is 2.40. The smallest absolute Gasteiger partial charge is 0.234 e. The number of hydrogen-bond donors (Lipinski definition) is 1. The van der Waals surface area contributed by atoms with Crippen LogP contribution in [0.1, 0.15) is 39.2 Å². The molecular weight excluding hydrogens is 259 g/mol. The third-order valence-electron chi connectivity index (χ3n) is 4.04. The highest BCUT2D eigenvalue weighted by molar-refractivity contribution is 5.98. The molecular formula is C15H19FN2O2. The normalized spacial score (nSPS) is 21.1. The molecule has 108 valence electrons. The zero-order valence-corrected chi connectivity index (χ0v) is 11.9. The van der Waals surface area contributed by atoms with E-state index in [0.29, 0.717) is 18.6 Å². The van der Waals surface area contributed by atoms with Gasteiger partial charge in [-0.1, -0.05) is 31.1 Å². The van der Waals surface area contributed by atoms with Gasteiger partial charge in [0.2, 0.25) is 12.1 Å². The second-order valence-electron chi connectivity index (χ2n) is 5.01. The van der Waals surface area contributed by atoms with E-state index in [4.69, 9.17) is 4.84 Å². The van der Waals surface area contributed by atoms with E-state index in [-0.39, 0.29) is 18.0 Å². The summed E-state index contributed by atoms with van der Waals surface area (Å²) in [7, 11) is 0. The average Bonchev–Trinajstić information content (AvgIpc) is 2.45. The molecule has 1 aromatic carbocycles. The molecule has 1 unspecified atom stereocenters. The highest BCUT2D eigenvalue weighted by Gasteiger charge is 2.54. The maximum Gasteiger partial charge on any atom is 0.234 e. The van der Waals surface area contributed by atoms with E-state index >= 15 is 0 Å². The Balaban J connectivity index is 2.06. The molecule has 1 amide bonds. The molecule has 4 nitrogen and oxygen atoms in total. The first-order valence-corrected chi connectivity index (χ1v) is 6.81. The first-order valence-electron chi connectivity index (χ1n) is 6.81. The summed E-state index contributed by atoms with van der Waals surface area (Å²) < 4.78 is 12.8. The van der Waals surface area contributed by atoms with Gasteiger partial charge in [-0.05, 0) is 37.5 Å². The molecule has 2 rings (SSSR count). The highest BCUT2D eigenvalue weighted by atomic mass is 19.1. The number of oxime groups is 1. The number of halogens is 1. The van der Waals surface area contributed by atoms with Crippen LogP contribution in [0.4, 0.5) is 4.39 Å². The van der Waals surface area contributed by atoms with Gasteiger partial charge >= 0.3 is 0 Å². The molecule has 0 saturated carbocycles. The summed E-state index contributed by atoms with van der Waals surface area (Å²) in [5.41, 5.74) is 0.954. The number of rotatable bonds is 5. The van der Waals surface area contributed by atoms with Crippen LogP contribution < -0.4 is 5.32 Å². The minimum Gasteiger partial charge on any atom is -0.369 e. The van der Waals surface area contributed by atoms with Gasteiger partial charge in [0.1, 0.15) is 11.2 Å². The molecule has 0 aliphatic carbocycles. The van der Waals surface area contributed by atoms with Gasteiger partial charge < -0.3 is 10.2 Å². The van der Waals surface area contributed by atoms with Gasteiger partial charge in [-0.15, -0.1) is 0 Å². The molecule has 0 spiro atoms. The summed E-state index contributed by atoms with van der Waals surface area (Å²) in [4.78, 5) is 17.2. The number of β-lactam (4-membered cyclic amide) rings is 1. The molecule has 1 aromatic rings. The van der Waals surface area contributed by atoms with Crippen molar-refractivity contribution in [3.05, 3.63) is 35.6 Å². The monoisotopic (exact) mass is 278 g/mol. The van der Waals surface area contributed by atoms with Crippen LogP contribution in [-0.2, 0) is 9.63 Å². The van der Waals surface area contributed by atoms with Crippen molar-refractivity contribution in [2.45, 2.75) is 39.8 Å². The molecule has 20 heavy (non-hydrogen) atoms. The predicted octanol–water partition coefficient (Wildman–Crippen LogP) is 2.83. The minimum absolute atomic E-state index is 0.0159. The van der Waals surface area contributed by atoms with Gasteiger partial charge in [0, 0.05) is 0 Å². The Kier molecular flexibility index (Phi) is 4.06. The molecule has 1 aliphatic heterocycles. The van der Waals surface area contributed by atoms with Crippen molar-refractivity contribution in [3.8, 4) is 0 Å². The van der Waals surface area contributed by atoms with Crippen LogP contribution in [-0.4, -0.2) is 17.8 Å². The number of nitrogens with zero attached hydrogens (tertiary/aromatic N) is 1. The van der Waals surface area contributed by atoms with Gasteiger partial charge in [0.15, 0.2) is 0 Å².